The average molecular weight is 835 g/mol. The van der Waals surface area contributed by atoms with Gasteiger partial charge in [0.2, 0.25) is 0 Å². The summed E-state index contributed by atoms with van der Waals surface area (Å²) < 4.78 is 6.62. The van der Waals surface area contributed by atoms with Gasteiger partial charge in [-0.3, -0.25) is 4.99 Å². The van der Waals surface area contributed by atoms with E-state index in [9.17, 15) is 9.90 Å². The first kappa shape index (κ1) is 50.0. The van der Waals surface area contributed by atoms with E-state index in [1.807, 2.05) is 18.2 Å². The summed E-state index contributed by atoms with van der Waals surface area (Å²) in [6.07, 6.45) is 43.7. The van der Waals surface area contributed by atoms with Crippen molar-refractivity contribution in [1.82, 2.24) is 0 Å². The van der Waals surface area contributed by atoms with Gasteiger partial charge in [0.1, 0.15) is 11.3 Å². The van der Waals surface area contributed by atoms with Crippen molar-refractivity contribution in [3.05, 3.63) is 71.6 Å². The Balaban J connectivity index is 1.22. The molecule has 5 heteroatoms. The number of aromatic carboxylic acids is 1. The Labute approximate surface area is 372 Å². The van der Waals surface area contributed by atoms with E-state index in [0.717, 1.165) is 64.8 Å². The topological polar surface area (TPSA) is 74.8 Å². The molecule has 0 atom stereocenters. The summed E-state index contributed by atoms with van der Waals surface area (Å²) in [4.78, 5) is 17.3. The summed E-state index contributed by atoms with van der Waals surface area (Å²) in [5, 5.41) is 15.6. The van der Waals surface area contributed by atoms with E-state index < -0.39 is 5.97 Å². The lowest BCUT2D eigenvalue weighted by Gasteiger charge is -2.17. The lowest BCUT2D eigenvalue weighted by Crippen LogP contribution is -2.06. The number of carboxylic acid groups (broad SMARTS) is 1. The van der Waals surface area contributed by atoms with Crippen LogP contribution >= 0.6 is 0 Å². The number of nitrogens with zero attached hydrogens (tertiary/aromatic N) is 1. The van der Waals surface area contributed by atoms with Crippen LogP contribution < -0.4 is 10.7 Å². The molecule has 0 amide bonds. The minimum absolute atomic E-state index is 0.291. The van der Waals surface area contributed by atoms with Gasteiger partial charge < -0.3 is 14.8 Å². The molecule has 1 aliphatic heterocycles. The van der Waals surface area contributed by atoms with E-state index in [-0.39, 0.29) is 0 Å². The number of fused-ring (bicyclic) bond motifs is 2. The highest BCUT2D eigenvalue weighted by Crippen LogP contribution is 2.41. The third-order valence-electron chi connectivity index (χ3n) is 12.8. The van der Waals surface area contributed by atoms with Gasteiger partial charge in [-0.25, -0.2) is 4.79 Å². The first-order valence-electron chi connectivity index (χ1n) is 25.7. The SMILES string of the molecule is CCCCCCCCCCCCCCCCCC/N=c1\ccc2c(-c3ccccc3C(=O)O)c3ccc(NCCCCCCCCCCCCCCCCCC)cc3oc-2c1. The van der Waals surface area contributed by atoms with Crippen molar-refractivity contribution in [1.29, 1.82) is 0 Å². The Morgan fingerprint density at radius 3 is 1.51 bits per heavy atom. The predicted molar refractivity (Wildman–Crippen MR) is 263 cm³/mol. The van der Waals surface area contributed by atoms with Crippen molar-refractivity contribution in [3.8, 4) is 22.5 Å². The number of benzene rings is 3. The van der Waals surface area contributed by atoms with E-state index in [2.05, 4.69) is 49.5 Å². The van der Waals surface area contributed by atoms with Crippen LogP contribution in [0.15, 0.2) is 70.1 Å². The molecule has 0 bridgehead atoms. The smallest absolute Gasteiger partial charge is 0.336 e. The first-order valence-corrected chi connectivity index (χ1v) is 25.7. The Morgan fingerprint density at radius 1 is 0.525 bits per heavy atom. The summed E-state index contributed by atoms with van der Waals surface area (Å²) >= 11 is 0. The molecule has 0 unspecified atom stereocenters. The number of nitrogens with one attached hydrogen (secondary N) is 1. The maximum absolute atomic E-state index is 12.4. The van der Waals surface area contributed by atoms with Crippen LogP contribution in [0.3, 0.4) is 0 Å². The van der Waals surface area contributed by atoms with Crippen molar-refractivity contribution in [3.63, 3.8) is 0 Å². The van der Waals surface area contributed by atoms with E-state index in [1.165, 1.54) is 193 Å². The Bertz CT molecular complexity index is 1780. The molecule has 2 aromatic carbocycles. The van der Waals surface area contributed by atoms with Gasteiger partial charge >= 0.3 is 5.97 Å². The lowest BCUT2D eigenvalue weighted by molar-refractivity contribution is 0.0697. The Hall–Kier alpha value is -3.60. The van der Waals surface area contributed by atoms with Gasteiger partial charge in [-0.2, -0.15) is 0 Å². The molecule has 0 saturated heterocycles. The second-order valence-corrected chi connectivity index (χ2v) is 18.1. The molecule has 2 aliphatic rings. The molecule has 0 aromatic heterocycles. The zero-order valence-electron chi connectivity index (χ0n) is 39.0. The molecule has 1 aliphatic carbocycles. The number of rotatable bonds is 37. The number of carboxylic acids is 1. The van der Waals surface area contributed by atoms with Crippen molar-refractivity contribution in [2.75, 3.05) is 18.4 Å². The summed E-state index contributed by atoms with van der Waals surface area (Å²) in [5.74, 6) is -0.203. The highest BCUT2D eigenvalue weighted by Gasteiger charge is 2.21. The van der Waals surface area contributed by atoms with Crippen LogP contribution in [0.2, 0.25) is 0 Å². The first-order chi connectivity index (χ1) is 30.1. The van der Waals surface area contributed by atoms with Gasteiger partial charge in [0.25, 0.3) is 0 Å². The molecule has 338 valence electrons. The zero-order chi connectivity index (χ0) is 43.0. The number of unbranched alkanes of at least 4 members (excludes halogenated alkanes) is 30. The quantitative estimate of drug-likeness (QED) is 0.0351. The fourth-order valence-corrected chi connectivity index (χ4v) is 9.04. The molecule has 2 N–H and O–H groups in total. The number of hydrogen-bond donors (Lipinski definition) is 2. The van der Waals surface area contributed by atoms with Crippen molar-refractivity contribution < 1.29 is 14.3 Å². The number of anilines is 1. The Kier molecular flexibility index (Phi) is 26.4. The predicted octanol–water partition coefficient (Wildman–Crippen LogP) is 17.7. The van der Waals surface area contributed by atoms with E-state index in [4.69, 9.17) is 9.41 Å². The third kappa shape index (κ3) is 20.0. The molecule has 4 rings (SSSR count). The van der Waals surface area contributed by atoms with E-state index in [0.29, 0.717) is 11.1 Å². The standard InChI is InChI=1S/C56H86N2O3/c1-3-5-7-9-11-13-15-17-19-21-23-25-27-29-31-35-43-57-47-39-41-51-53(45-47)61-54-46-48(40-42-52(54)55(51)49-37-33-34-38-50(49)56(59)60)58-44-36-32-30-28-26-24-22-20-18-16-14-12-10-8-6-4-2/h33-34,37-42,45-46,57H,3-32,35-36,43-44H2,1-2H3,(H,59,60)/b58-48+. The summed E-state index contributed by atoms with van der Waals surface area (Å²) in [6.45, 7) is 6.31. The van der Waals surface area contributed by atoms with Crippen molar-refractivity contribution >= 4 is 22.6 Å². The van der Waals surface area contributed by atoms with Gasteiger partial charge in [0, 0.05) is 47.4 Å². The molecule has 5 nitrogen and oxygen atoms in total. The van der Waals surface area contributed by atoms with Crippen LogP contribution in [0.25, 0.3) is 33.4 Å². The van der Waals surface area contributed by atoms with Gasteiger partial charge in [-0.1, -0.05) is 225 Å². The number of hydrogen-bond acceptors (Lipinski definition) is 4. The normalized spacial score (nSPS) is 11.9. The maximum Gasteiger partial charge on any atom is 0.336 e. The van der Waals surface area contributed by atoms with Gasteiger partial charge in [0.05, 0.1) is 10.9 Å². The summed E-state index contributed by atoms with van der Waals surface area (Å²) in [5.41, 5.74) is 4.55. The lowest BCUT2D eigenvalue weighted by atomic mass is 9.90. The fraction of sp³-hybridized carbons (Fsp3) is 0.643. The molecule has 0 spiro atoms. The molecular formula is C56H86N2O3. The highest BCUT2D eigenvalue weighted by atomic mass is 16.4. The molecule has 0 saturated carbocycles. The fourth-order valence-electron chi connectivity index (χ4n) is 9.04. The summed E-state index contributed by atoms with van der Waals surface area (Å²) in [6, 6.07) is 19.7. The van der Waals surface area contributed by atoms with Crippen LogP contribution in [0.4, 0.5) is 5.69 Å². The Morgan fingerprint density at radius 2 is 1.00 bits per heavy atom. The van der Waals surface area contributed by atoms with Crippen molar-refractivity contribution in [2.45, 2.75) is 219 Å². The third-order valence-corrected chi connectivity index (χ3v) is 12.8. The molecule has 0 radical (unpaired) electrons. The van der Waals surface area contributed by atoms with Gasteiger partial charge in [-0.15, -0.1) is 0 Å². The largest absolute Gasteiger partial charge is 0.478 e. The second kappa shape index (κ2) is 32.1. The molecule has 1 heterocycles. The zero-order valence-corrected chi connectivity index (χ0v) is 39.0. The molecule has 61 heavy (non-hydrogen) atoms. The van der Waals surface area contributed by atoms with Crippen LogP contribution in [0.5, 0.6) is 0 Å². The van der Waals surface area contributed by atoms with Crippen LogP contribution in [0.1, 0.15) is 230 Å². The monoisotopic (exact) mass is 835 g/mol. The molecule has 0 fully saturated rings. The summed E-state index contributed by atoms with van der Waals surface area (Å²) in [7, 11) is 0. The molecular weight excluding hydrogens is 749 g/mol. The molecule has 2 aromatic rings. The highest BCUT2D eigenvalue weighted by molar-refractivity contribution is 6.07. The van der Waals surface area contributed by atoms with E-state index in [1.54, 1.807) is 12.1 Å². The van der Waals surface area contributed by atoms with Crippen molar-refractivity contribution in [2.24, 2.45) is 4.99 Å². The van der Waals surface area contributed by atoms with E-state index >= 15 is 0 Å². The van der Waals surface area contributed by atoms with Crippen LogP contribution in [-0.2, 0) is 0 Å². The average Bonchev–Trinajstić information content (AvgIpc) is 3.27. The minimum Gasteiger partial charge on any atom is -0.478 e. The van der Waals surface area contributed by atoms with Gasteiger partial charge in [-0.05, 0) is 48.7 Å². The van der Waals surface area contributed by atoms with Gasteiger partial charge in [0.15, 0.2) is 0 Å². The number of carbonyl (C=O) groups is 1. The maximum atomic E-state index is 12.4. The second-order valence-electron chi connectivity index (χ2n) is 18.1. The van der Waals surface area contributed by atoms with Crippen LogP contribution in [-0.4, -0.2) is 24.2 Å². The minimum atomic E-state index is -0.930. The van der Waals surface area contributed by atoms with Crippen LogP contribution in [0, 0.1) is 0 Å².